The van der Waals surface area contributed by atoms with Gasteiger partial charge in [-0.2, -0.15) is 0 Å². The lowest BCUT2D eigenvalue weighted by atomic mass is 10.1. The van der Waals surface area contributed by atoms with Crippen LogP contribution in [0.1, 0.15) is 25.1 Å². The van der Waals surface area contributed by atoms with Gasteiger partial charge in [0.15, 0.2) is 4.96 Å². The van der Waals surface area contributed by atoms with Crippen LogP contribution in [0.5, 0.6) is 0 Å². The van der Waals surface area contributed by atoms with Crippen LogP contribution in [0.15, 0.2) is 35.8 Å². The largest absolute Gasteiger partial charge is 0.328 e. The third-order valence-electron chi connectivity index (χ3n) is 3.45. The number of hydrogen-bond acceptors (Lipinski definition) is 3. The molecule has 0 radical (unpaired) electrons. The molecule has 2 N–H and O–H groups in total. The Morgan fingerprint density at radius 3 is 2.70 bits per heavy atom. The van der Waals surface area contributed by atoms with E-state index in [0.29, 0.717) is 0 Å². The zero-order chi connectivity index (χ0) is 14.1. The molecular weight excluding hydrogens is 266 g/mol. The highest BCUT2D eigenvalue weighted by molar-refractivity contribution is 7.15. The van der Waals surface area contributed by atoms with Crippen molar-refractivity contribution in [3.63, 3.8) is 0 Å². The van der Waals surface area contributed by atoms with E-state index >= 15 is 0 Å². The van der Waals surface area contributed by atoms with Gasteiger partial charge >= 0.3 is 0 Å². The molecule has 3 nitrogen and oxygen atoms in total. The molecule has 1 atom stereocenters. The summed E-state index contributed by atoms with van der Waals surface area (Å²) in [4.78, 5) is 5.67. The second kappa shape index (κ2) is 5.38. The molecule has 1 aromatic carbocycles. The van der Waals surface area contributed by atoms with E-state index in [2.05, 4.69) is 52.2 Å². The van der Waals surface area contributed by atoms with Crippen molar-refractivity contribution in [3.05, 3.63) is 47.1 Å². The summed E-state index contributed by atoms with van der Waals surface area (Å²) >= 11 is 1.68. The fourth-order valence-corrected chi connectivity index (χ4v) is 3.28. The maximum atomic E-state index is 5.85. The monoisotopic (exact) mass is 285 g/mol. The molecule has 2 heterocycles. The highest BCUT2D eigenvalue weighted by Gasteiger charge is 2.10. The van der Waals surface area contributed by atoms with Gasteiger partial charge < -0.3 is 5.73 Å². The number of aryl methyl sites for hydroxylation is 1. The summed E-state index contributed by atoms with van der Waals surface area (Å²) in [7, 11) is 0. The summed E-state index contributed by atoms with van der Waals surface area (Å²) in [5.74, 6) is 0. The molecule has 0 spiro atoms. The predicted octanol–water partition coefficient (Wildman–Crippen LogP) is 3.51. The minimum atomic E-state index is 0.145. The quantitative estimate of drug-likeness (QED) is 0.797. The van der Waals surface area contributed by atoms with Crippen LogP contribution in [0.25, 0.3) is 16.2 Å². The van der Waals surface area contributed by atoms with Crippen molar-refractivity contribution < 1.29 is 0 Å². The van der Waals surface area contributed by atoms with Gasteiger partial charge in [-0.3, -0.25) is 4.40 Å². The molecule has 0 aliphatic heterocycles. The van der Waals surface area contributed by atoms with Crippen LogP contribution in [-0.4, -0.2) is 15.4 Å². The van der Waals surface area contributed by atoms with E-state index in [1.807, 2.05) is 6.92 Å². The fraction of sp³-hybridized carbons (Fsp3) is 0.312. The van der Waals surface area contributed by atoms with Gasteiger partial charge in [0.2, 0.25) is 0 Å². The van der Waals surface area contributed by atoms with Crippen LogP contribution in [0, 0.1) is 0 Å². The molecule has 3 aromatic rings. The Hall–Kier alpha value is -1.65. The zero-order valence-electron chi connectivity index (χ0n) is 11.8. The molecule has 4 heteroatoms. The van der Waals surface area contributed by atoms with Gasteiger partial charge in [0.1, 0.15) is 0 Å². The lowest BCUT2D eigenvalue weighted by molar-refractivity contribution is 0.726. The SMILES string of the molecule is CCc1ccc(-c2csc3nc(CC(C)N)cn23)cc1. The van der Waals surface area contributed by atoms with E-state index in [4.69, 9.17) is 5.73 Å². The molecule has 104 valence electrons. The van der Waals surface area contributed by atoms with Gasteiger partial charge in [0.25, 0.3) is 0 Å². The Bertz CT molecular complexity index is 707. The number of thiazole rings is 1. The maximum absolute atomic E-state index is 5.85. The topological polar surface area (TPSA) is 43.3 Å². The molecule has 0 aliphatic rings. The van der Waals surface area contributed by atoms with Gasteiger partial charge in [-0.1, -0.05) is 31.2 Å². The number of aromatic nitrogens is 2. The first-order chi connectivity index (χ1) is 9.67. The molecule has 0 saturated carbocycles. The van der Waals surface area contributed by atoms with Crippen molar-refractivity contribution in [3.8, 4) is 11.3 Å². The van der Waals surface area contributed by atoms with Crippen molar-refractivity contribution in [2.75, 3.05) is 0 Å². The van der Waals surface area contributed by atoms with E-state index < -0.39 is 0 Å². The van der Waals surface area contributed by atoms with Crippen LogP contribution in [-0.2, 0) is 12.8 Å². The first-order valence-corrected chi connectivity index (χ1v) is 7.85. The van der Waals surface area contributed by atoms with E-state index in [1.165, 1.54) is 16.8 Å². The summed E-state index contributed by atoms with van der Waals surface area (Å²) < 4.78 is 2.17. The van der Waals surface area contributed by atoms with Crippen LogP contribution in [0.2, 0.25) is 0 Å². The summed E-state index contributed by atoms with van der Waals surface area (Å²) in [6, 6.07) is 8.90. The van der Waals surface area contributed by atoms with Crippen LogP contribution < -0.4 is 5.73 Å². The smallest absolute Gasteiger partial charge is 0.194 e. The third-order valence-corrected chi connectivity index (χ3v) is 4.29. The van der Waals surface area contributed by atoms with Gasteiger partial charge in [0, 0.05) is 24.0 Å². The summed E-state index contributed by atoms with van der Waals surface area (Å²) in [5, 5.41) is 2.17. The second-order valence-corrected chi connectivity index (χ2v) is 6.07. The predicted molar refractivity (Wildman–Crippen MR) is 85.2 cm³/mol. The molecule has 0 aliphatic carbocycles. The highest BCUT2D eigenvalue weighted by Crippen LogP contribution is 2.26. The maximum Gasteiger partial charge on any atom is 0.194 e. The van der Waals surface area contributed by atoms with Crippen molar-refractivity contribution in [1.82, 2.24) is 9.38 Å². The highest BCUT2D eigenvalue weighted by atomic mass is 32.1. The molecule has 0 amide bonds. The molecule has 0 fully saturated rings. The summed E-state index contributed by atoms with van der Waals surface area (Å²) in [5.41, 5.74) is 10.7. The summed E-state index contributed by atoms with van der Waals surface area (Å²) in [6.45, 7) is 4.19. The average Bonchev–Trinajstić information content (AvgIpc) is 2.98. The van der Waals surface area contributed by atoms with Crippen molar-refractivity contribution in [2.24, 2.45) is 5.73 Å². The Kier molecular flexibility index (Phi) is 3.59. The Morgan fingerprint density at radius 2 is 2.05 bits per heavy atom. The van der Waals surface area contributed by atoms with Crippen molar-refractivity contribution >= 4 is 16.3 Å². The van der Waals surface area contributed by atoms with Gasteiger partial charge in [-0.15, -0.1) is 11.3 Å². The molecule has 3 rings (SSSR count). The van der Waals surface area contributed by atoms with E-state index in [0.717, 1.165) is 23.5 Å². The number of imidazole rings is 1. The molecule has 20 heavy (non-hydrogen) atoms. The number of nitrogens with zero attached hydrogens (tertiary/aromatic N) is 2. The van der Waals surface area contributed by atoms with Gasteiger partial charge in [-0.25, -0.2) is 4.98 Å². The molecule has 0 bridgehead atoms. The van der Waals surface area contributed by atoms with Gasteiger partial charge in [0.05, 0.1) is 11.4 Å². The Balaban J connectivity index is 1.99. The van der Waals surface area contributed by atoms with Crippen LogP contribution >= 0.6 is 11.3 Å². The number of fused-ring (bicyclic) bond motifs is 1. The first-order valence-electron chi connectivity index (χ1n) is 6.97. The number of benzene rings is 1. The van der Waals surface area contributed by atoms with Crippen LogP contribution in [0.3, 0.4) is 0 Å². The standard InChI is InChI=1S/C16H19N3S/c1-3-12-4-6-13(7-5-12)15-10-20-16-18-14(8-11(2)17)9-19(15)16/h4-7,9-11H,3,8,17H2,1-2H3. The third kappa shape index (κ3) is 2.49. The van der Waals surface area contributed by atoms with Crippen LogP contribution in [0.4, 0.5) is 0 Å². The summed E-state index contributed by atoms with van der Waals surface area (Å²) in [6.07, 6.45) is 4.00. The molecule has 1 unspecified atom stereocenters. The molecule has 0 saturated heterocycles. The fourth-order valence-electron chi connectivity index (χ4n) is 2.38. The lowest BCUT2D eigenvalue weighted by Crippen LogP contribution is -2.17. The zero-order valence-corrected chi connectivity index (χ0v) is 12.7. The number of hydrogen-bond donors (Lipinski definition) is 1. The normalized spacial score (nSPS) is 12.9. The van der Waals surface area contributed by atoms with Crippen molar-refractivity contribution in [2.45, 2.75) is 32.7 Å². The van der Waals surface area contributed by atoms with E-state index in [-0.39, 0.29) is 6.04 Å². The lowest BCUT2D eigenvalue weighted by Gasteiger charge is -2.02. The minimum Gasteiger partial charge on any atom is -0.328 e. The van der Waals surface area contributed by atoms with E-state index in [1.54, 1.807) is 11.3 Å². The second-order valence-electron chi connectivity index (χ2n) is 5.24. The van der Waals surface area contributed by atoms with Crippen molar-refractivity contribution in [1.29, 1.82) is 0 Å². The molecular formula is C16H19N3S. The molecule has 2 aromatic heterocycles. The van der Waals surface area contributed by atoms with E-state index in [9.17, 15) is 0 Å². The Morgan fingerprint density at radius 1 is 1.30 bits per heavy atom. The van der Waals surface area contributed by atoms with Gasteiger partial charge in [-0.05, 0) is 24.5 Å². The minimum absolute atomic E-state index is 0.145. The number of rotatable bonds is 4. The Labute approximate surface area is 123 Å². The average molecular weight is 285 g/mol. The number of nitrogens with two attached hydrogens (primary N) is 1. The first kappa shape index (κ1) is 13.3.